The first-order valence-corrected chi connectivity index (χ1v) is 6.10. The highest BCUT2D eigenvalue weighted by atomic mass is 127. The standard InChI is InChI=1S/C14H20N4.HI/c1-18(2)14(16-11-7-6-10-15)17-12-13-8-4-3-5-9-13;/h3-5,8-9H,6-7,11-12H2,1-2H3,(H,16,17);1H. The molecule has 5 heteroatoms. The Hall–Kier alpha value is -1.29. The Morgan fingerprint density at radius 1 is 1.32 bits per heavy atom. The van der Waals surface area contributed by atoms with Gasteiger partial charge in [-0.1, -0.05) is 30.3 Å². The predicted molar refractivity (Wildman–Crippen MR) is 89.5 cm³/mol. The number of rotatable bonds is 5. The Balaban J connectivity index is 0.00000324. The van der Waals surface area contributed by atoms with E-state index in [-0.39, 0.29) is 24.0 Å². The van der Waals surface area contributed by atoms with E-state index in [4.69, 9.17) is 5.26 Å². The fourth-order valence-electron chi connectivity index (χ4n) is 1.47. The van der Waals surface area contributed by atoms with E-state index in [0.717, 1.165) is 18.9 Å². The SMILES string of the molecule is CN(C)C(=NCc1ccccc1)NCCCC#N.I. The fourth-order valence-corrected chi connectivity index (χ4v) is 1.47. The van der Waals surface area contributed by atoms with E-state index in [9.17, 15) is 0 Å². The Bertz CT molecular complexity index is 409. The molecule has 0 radical (unpaired) electrons. The number of hydrogen-bond donors (Lipinski definition) is 1. The van der Waals surface area contributed by atoms with Crippen molar-refractivity contribution >= 4 is 29.9 Å². The van der Waals surface area contributed by atoms with E-state index in [1.807, 2.05) is 37.2 Å². The average molecular weight is 372 g/mol. The van der Waals surface area contributed by atoms with Crippen LogP contribution < -0.4 is 5.32 Å². The summed E-state index contributed by atoms with van der Waals surface area (Å²) in [4.78, 5) is 6.49. The number of nitrogens with zero attached hydrogens (tertiary/aromatic N) is 3. The van der Waals surface area contributed by atoms with Crippen molar-refractivity contribution in [1.29, 1.82) is 5.26 Å². The van der Waals surface area contributed by atoms with Gasteiger partial charge < -0.3 is 10.2 Å². The third-order valence-corrected chi connectivity index (χ3v) is 2.43. The molecule has 0 atom stereocenters. The van der Waals surface area contributed by atoms with Gasteiger partial charge in [-0.2, -0.15) is 5.26 Å². The zero-order chi connectivity index (χ0) is 13.2. The summed E-state index contributed by atoms with van der Waals surface area (Å²) in [5, 5.41) is 11.7. The van der Waals surface area contributed by atoms with E-state index in [2.05, 4.69) is 28.5 Å². The van der Waals surface area contributed by atoms with Crippen LogP contribution >= 0.6 is 24.0 Å². The molecule has 1 N–H and O–H groups in total. The molecule has 104 valence electrons. The van der Waals surface area contributed by atoms with Crippen LogP contribution in [0.15, 0.2) is 35.3 Å². The first-order valence-electron chi connectivity index (χ1n) is 6.10. The maximum atomic E-state index is 8.47. The molecule has 1 aromatic carbocycles. The van der Waals surface area contributed by atoms with Gasteiger partial charge in [0.05, 0.1) is 12.6 Å². The summed E-state index contributed by atoms with van der Waals surface area (Å²) in [6.07, 6.45) is 1.42. The number of nitrogens with one attached hydrogen (secondary N) is 1. The average Bonchev–Trinajstić information content (AvgIpc) is 2.38. The van der Waals surface area contributed by atoms with Gasteiger partial charge in [0.15, 0.2) is 5.96 Å². The molecule has 19 heavy (non-hydrogen) atoms. The lowest BCUT2D eigenvalue weighted by Crippen LogP contribution is -2.37. The van der Waals surface area contributed by atoms with Crippen LogP contribution in [0.1, 0.15) is 18.4 Å². The lowest BCUT2D eigenvalue weighted by atomic mass is 10.2. The van der Waals surface area contributed by atoms with Gasteiger partial charge in [0.1, 0.15) is 0 Å². The van der Waals surface area contributed by atoms with Gasteiger partial charge in [-0.25, -0.2) is 4.99 Å². The van der Waals surface area contributed by atoms with Crippen molar-refractivity contribution in [3.05, 3.63) is 35.9 Å². The molecule has 1 rings (SSSR count). The highest BCUT2D eigenvalue weighted by Crippen LogP contribution is 2.00. The van der Waals surface area contributed by atoms with Crippen LogP contribution in [-0.2, 0) is 6.54 Å². The zero-order valence-electron chi connectivity index (χ0n) is 11.5. The Kier molecular flexibility index (Phi) is 9.90. The van der Waals surface area contributed by atoms with Crippen molar-refractivity contribution in [3.8, 4) is 6.07 Å². The van der Waals surface area contributed by atoms with Crippen molar-refractivity contribution in [1.82, 2.24) is 10.2 Å². The Morgan fingerprint density at radius 2 is 2.00 bits per heavy atom. The molecule has 4 nitrogen and oxygen atoms in total. The molecular formula is C14H21IN4. The second kappa shape index (κ2) is 10.6. The minimum atomic E-state index is 0. The molecule has 0 fully saturated rings. The van der Waals surface area contributed by atoms with Gasteiger partial charge in [0.25, 0.3) is 0 Å². The Morgan fingerprint density at radius 3 is 2.58 bits per heavy atom. The molecule has 0 spiro atoms. The van der Waals surface area contributed by atoms with Crippen LogP contribution in [0.3, 0.4) is 0 Å². The van der Waals surface area contributed by atoms with Gasteiger partial charge in [0, 0.05) is 27.1 Å². The van der Waals surface area contributed by atoms with Crippen LogP contribution in [-0.4, -0.2) is 31.5 Å². The van der Waals surface area contributed by atoms with Crippen LogP contribution in [0.4, 0.5) is 0 Å². The molecule has 0 aliphatic rings. The quantitative estimate of drug-likeness (QED) is 0.374. The van der Waals surface area contributed by atoms with E-state index in [1.54, 1.807) is 0 Å². The molecule has 0 unspecified atom stereocenters. The van der Waals surface area contributed by atoms with Gasteiger partial charge >= 0.3 is 0 Å². The minimum Gasteiger partial charge on any atom is -0.356 e. The molecule has 0 bridgehead atoms. The number of hydrogen-bond acceptors (Lipinski definition) is 2. The summed E-state index contributed by atoms with van der Waals surface area (Å²) in [7, 11) is 3.92. The molecule has 0 saturated heterocycles. The van der Waals surface area contributed by atoms with Gasteiger partial charge in [0.2, 0.25) is 0 Å². The Labute approximate surface area is 132 Å². The second-order valence-electron chi connectivity index (χ2n) is 4.21. The number of nitriles is 1. The van der Waals surface area contributed by atoms with Crippen molar-refractivity contribution in [2.24, 2.45) is 4.99 Å². The van der Waals surface area contributed by atoms with E-state index < -0.39 is 0 Å². The van der Waals surface area contributed by atoms with Gasteiger partial charge in [-0.3, -0.25) is 0 Å². The molecule has 0 amide bonds. The number of unbranched alkanes of at least 4 members (excludes halogenated alkanes) is 1. The van der Waals surface area contributed by atoms with Crippen molar-refractivity contribution in [2.75, 3.05) is 20.6 Å². The van der Waals surface area contributed by atoms with E-state index in [0.29, 0.717) is 13.0 Å². The van der Waals surface area contributed by atoms with Crippen molar-refractivity contribution < 1.29 is 0 Å². The summed E-state index contributed by atoms with van der Waals surface area (Å²) in [6.45, 7) is 1.44. The fraction of sp³-hybridized carbons (Fsp3) is 0.429. The van der Waals surface area contributed by atoms with Crippen LogP contribution in [0.25, 0.3) is 0 Å². The topological polar surface area (TPSA) is 51.4 Å². The number of benzene rings is 1. The third-order valence-electron chi connectivity index (χ3n) is 2.43. The van der Waals surface area contributed by atoms with Crippen LogP contribution in [0, 0.1) is 11.3 Å². The molecule has 0 aliphatic carbocycles. The summed E-state index contributed by atoms with van der Waals surface area (Å²) in [5.74, 6) is 0.858. The third kappa shape index (κ3) is 7.67. The van der Waals surface area contributed by atoms with Crippen molar-refractivity contribution in [3.63, 3.8) is 0 Å². The minimum absolute atomic E-state index is 0. The van der Waals surface area contributed by atoms with Gasteiger partial charge in [-0.05, 0) is 12.0 Å². The monoisotopic (exact) mass is 372 g/mol. The first kappa shape index (κ1) is 17.7. The smallest absolute Gasteiger partial charge is 0.193 e. The summed E-state index contributed by atoms with van der Waals surface area (Å²) in [5.41, 5.74) is 1.19. The zero-order valence-corrected chi connectivity index (χ0v) is 13.8. The number of aliphatic imine (C=N–C) groups is 1. The first-order chi connectivity index (χ1) is 8.74. The molecule has 0 aromatic heterocycles. The molecule has 0 heterocycles. The summed E-state index contributed by atoms with van der Waals surface area (Å²) < 4.78 is 0. The molecule has 0 saturated carbocycles. The predicted octanol–water partition coefficient (Wildman–Crippen LogP) is 2.62. The summed E-state index contributed by atoms with van der Waals surface area (Å²) >= 11 is 0. The molecular weight excluding hydrogens is 351 g/mol. The highest BCUT2D eigenvalue weighted by Gasteiger charge is 2.00. The number of halogens is 1. The van der Waals surface area contributed by atoms with E-state index >= 15 is 0 Å². The largest absolute Gasteiger partial charge is 0.356 e. The van der Waals surface area contributed by atoms with Crippen LogP contribution in [0.2, 0.25) is 0 Å². The highest BCUT2D eigenvalue weighted by molar-refractivity contribution is 14.0. The normalized spacial score (nSPS) is 10.3. The summed E-state index contributed by atoms with van der Waals surface area (Å²) in [6, 6.07) is 12.3. The van der Waals surface area contributed by atoms with Gasteiger partial charge in [-0.15, -0.1) is 24.0 Å². The molecule has 0 aliphatic heterocycles. The lowest BCUT2D eigenvalue weighted by molar-refractivity contribution is 0.575. The van der Waals surface area contributed by atoms with Crippen LogP contribution in [0.5, 0.6) is 0 Å². The molecule has 1 aromatic rings. The van der Waals surface area contributed by atoms with Crippen molar-refractivity contribution in [2.45, 2.75) is 19.4 Å². The maximum Gasteiger partial charge on any atom is 0.193 e. The number of guanidine groups is 1. The van der Waals surface area contributed by atoms with E-state index in [1.165, 1.54) is 5.56 Å². The second-order valence-corrected chi connectivity index (χ2v) is 4.21. The maximum absolute atomic E-state index is 8.47. The lowest BCUT2D eigenvalue weighted by Gasteiger charge is -2.17.